The number of hydrogen-bond acceptors (Lipinski definition) is 3. The van der Waals surface area contributed by atoms with E-state index >= 15 is 0 Å². The highest BCUT2D eigenvalue weighted by Gasteiger charge is 2.17. The summed E-state index contributed by atoms with van der Waals surface area (Å²) in [4.78, 5) is 18.2. The third-order valence-corrected chi connectivity index (χ3v) is 4.67. The average Bonchev–Trinajstić information content (AvgIpc) is 2.68. The molecule has 5 heteroatoms. The van der Waals surface area contributed by atoms with Gasteiger partial charge in [-0.2, -0.15) is 0 Å². The third kappa shape index (κ3) is 3.09. The van der Waals surface area contributed by atoms with Crippen LogP contribution in [0.1, 0.15) is 5.56 Å². The Hall–Kier alpha value is -3.11. The second-order valence-electron chi connectivity index (χ2n) is 6.28. The maximum absolute atomic E-state index is 13.4. The highest BCUT2D eigenvalue weighted by molar-refractivity contribution is 6.30. The Bertz CT molecular complexity index is 1210. The van der Waals surface area contributed by atoms with Crippen LogP contribution in [0.15, 0.2) is 71.5 Å². The van der Waals surface area contributed by atoms with E-state index in [1.165, 1.54) is 0 Å². The van der Waals surface area contributed by atoms with Crippen molar-refractivity contribution >= 4 is 22.5 Å². The van der Waals surface area contributed by atoms with Gasteiger partial charge in [0.15, 0.2) is 0 Å². The van der Waals surface area contributed by atoms with Crippen molar-refractivity contribution in [3.63, 3.8) is 0 Å². The first-order valence-corrected chi connectivity index (χ1v) is 8.89. The molecule has 0 unspecified atom stereocenters. The van der Waals surface area contributed by atoms with Crippen LogP contribution in [0.3, 0.4) is 0 Å². The summed E-state index contributed by atoms with van der Waals surface area (Å²) < 4.78 is 7.06. The molecule has 0 aliphatic heterocycles. The van der Waals surface area contributed by atoms with E-state index in [1.807, 2.05) is 49.4 Å². The second kappa shape index (κ2) is 6.89. The predicted octanol–water partition coefficient (Wildman–Crippen LogP) is 5.02. The maximum Gasteiger partial charge on any atom is 0.266 e. The van der Waals surface area contributed by atoms with Crippen LogP contribution in [0, 0.1) is 6.92 Å². The number of ether oxygens (including phenoxy) is 1. The number of aryl methyl sites for hydroxylation is 1. The van der Waals surface area contributed by atoms with Gasteiger partial charge in [0.1, 0.15) is 11.6 Å². The van der Waals surface area contributed by atoms with Crippen LogP contribution in [0.2, 0.25) is 5.02 Å². The van der Waals surface area contributed by atoms with E-state index in [-0.39, 0.29) is 5.56 Å². The lowest BCUT2D eigenvalue weighted by atomic mass is 10.1. The number of methoxy groups -OCH3 is 1. The molecule has 0 fully saturated rings. The van der Waals surface area contributed by atoms with Crippen molar-refractivity contribution in [2.75, 3.05) is 7.11 Å². The van der Waals surface area contributed by atoms with Crippen molar-refractivity contribution in [1.82, 2.24) is 9.55 Å². The summed E-state index contributed by atoms with van der Waals surface area (Å²) >= 11 is 6.23. The lowest BCUT2D eigenvalue weighted by molar-refractivity contribution is 0.412. The van der Waals surface area contributed by atoms with E-state index in [9.17, 15) is 4.79 Å². The van der Waals surface area contributed by atoms with Gasteiger partial charge in [-0.05, 0) is 43.3 Å². The van der Waals surface area contributed by atoms with Gasteiger partial charge < -0.3 is 4.74 Å². The fourth-order valence-electron chi connectivity index (χ4n) is 3.17. The number of hydrogen-bond donors (Lipinski definition) is 0. The maximum atomic E-state index is 13.4. The molecule has 1 heterocycles. The lowest BCUT2D eigenvalue weighted by Crippen LogP contribution is -2.22. The Morgan fingerprint density at radius 2 is 1.81 bits per heavy atom. The molecule has 1 aromatic heterocycles. The van der Waals surface area contributed by atoms with E-state index in [0.717, 1.165) is 11.1 Å². The minimum Gasteiger partial charge on any atom is -0.495 e. The quantitative estimate of drug-likeness (QED) is 0.504. The number of halogens is 1. The van der Waals surface area contributed by atoms with Crippen LogP contribution in [-0.2, 0) is 0 Å². The first-order chi connectivity index (χ1) is 13.1. The van der Waals surface area contributed by atoms with Gasteiger partial charge in [-0.3, -0.25) is 9.36 Å². The number of fused-ring (bicyclic) bond motifs is 1. The summed E-state index contributed by atoms with van der Waals surface area (Å²) in [7, 11) is 1.57. The van der Waals surface area contributed by atoms with E-state index in [0.29, 0.717) is 33.2 Å². The minimum atomic E-state index is -0.169. The summed E-state index contributed by atoms with van der Waals surface area (Å²) in [6, 6.07) is 20.4. The Labute approximate surface area is 161 Å². The number of rotatable bonds is 3. The number of para-hydroxylation sites is 1. The van der Waals surface area contributed by atoms with Crippen molar-refractivity contribution in [3.05, 3.63) is 87.7 Å². The van der Waals surface area contributed by atoms with Crippen molar-refractivity contribution in [1.29, 1.82) is 0 Å². The lowest BCUT2D eigenvalue weighted by Gasteiger charge is -2.17. The Morgan fingerprint density at radius 3 is 2.59 bits per heavy atom. The molecule has 0 aliphatic carbocycles. The highest BCUT2D eigenvalue weighted by atomic mass is 35.5. The van der Waals surface area contributed by atoms with E-state index in [4.69, 9.17) is 21.3 Å². The zero-order chi connectivity index (χ0) is 19.0. The van der Waals surface area contributed by atoms with Crippen LogP contribution in [0.5, 0.6) is 5.75 Å². The number of aromatic nitrogens is 2. The summed E-state index contributed by atoms with van der Waals surface area (Å²) in [6.45, 7) is 2.01. The molecule has 0 saturated carbocycles. The van der Waals surface area contributed by atoms with Gasteiger partial charge in [-0.15, -0.1) is 0 Å². The van der Waals surface area contributed by atoms with Gasteiger partial charge in [-0.25, -0.2) is 4.98 Å². The molecule has 0 atom stereocenters. The fourth-order valence-corrected chi connectivity index (χ4v) is 3.34. The Kier molecular flexibility index (Phi) is 4.42. The topological polar surface area (TPSA) is 44.1 Å². The Morgan fingerprint density at radius 1 is 1.00 bits per heavy atom. The molecular formula is C22H17ClN2O2. The minimum absolute atomic E-state index is 0.169. The molecule has 4 rings (SSSR count). The predicted molar refractivity (Wildman–Crippen MR) is 109 cm³/mol. The molecule has 134 valence electrons. The van der Waals surface area contributed by atoms with Crippen molar-refractivity contribution in [2.24, 2.45) is 0 Å². The molecule has 0 N–H and O–H groups in total. The van der Waals surface area contributed by atoms with Crippen LogP contribution in [0.25, 0.3) is 28.0 Å². The Balaban J connectivity index is 2.16. The molecule has 0 bridgehead atoms. The molecular weight excluding hydrogens is 360 g/mol. The van der Waals surface area contributed by atoms with E-state index in [2.05, 4.69) is 0 Å². The van der Waals surface area contributed by atoms with Crippen molar-refractivity contribution in [3.8, 4) is 22.8 Å². The average molecular weight is 377 g/mol. The SMILES string of the molecule is COc1ccc(Cl)cc1-n1c(-c2cccc(C)c2)nc2ccccc2c1=O. The molecule has 0 radical (unpaired) electrons. The van der Waals surface area contributed by atoms with Crippen molar-refractivity contribution < 1.29 is 4.74 Å². The summed E-state index contributed by atoms with van der Waals surface area (Å²) in [5.74, 6) is 1.09. The standard InChI is InChI=1S/C22H17ClN2O2/c1-14-6-5-7-15(12-14)21-24-18-9-4-3-8-17(18)22(26)25(21)19-13-16(23)10-11-20(19)27-2/h3-13H,1-2H3. The van der Waals surface area contributed by atoms with Crippen LogP contribution >= 0.6 is 11.6 Å². The number of nitrogens with zero attached hydrogens (tertiary/aromatic N) is 2. The first-order valence-electron chi connectivity index (χ1n) is 8.51. The smallest absolute Gasteiger partial charge is 0.266 e. The summed E-state index contributed by atoms with van der Waals surface area (Å²) in [6.07, 6.45) is 0. The normalized spacial score (nSPS) is 10.9. The van der Waals surface area contributed by atoms with Crippen LogP contribution in [-0.4, -0.2) is 16.7 Å². The van der Waals surface area contributed by atoms with Gasteiger partial charge in [-0.1, -0.05) is 47.5 Å². The molecule has 4 nitrogen and oxygen atoms in total. The van der Waals surface area contributed by atoms with Crippen molar-refractivity contribution in [2.45, 2.75) is 6.92 Å². The molecule has 27 heavy (non-hydrogen) atoms. The molecule has 0 spiro atoms. The highest BCUT2D eigenvalue weighted by Crippen LogP contribution is 2.30. The van der Waals surface area contributed by atoms with E-state index < -0.39 is 0 Å². The molecule has 3 aromatic carbocycles. The van der Waals surface area contributed by atoms with E-state index in [1.54, 1.807) is 35.9 Å². The molecule has 0 saturated heterocycles. The molecule has 0 aliphatic rings. The fraction of sp³-hybridized carbons (Fsp3) is 0.0909. The summed E-state index contributed by atoms with van der Waals surface area (Å²) in [5, 5.41) is 1.05. The van der Waals surface area contributed by atoms with Crippen LogP contribution in [0.4, 0.5) is 0 Å². The van der Waals surface area contributed by atoms with Gasteiger partial charge in [0.2, 0.25) is 0 Å². The summed E-state index contributed by atoms with van der Waals surface area (Å²) in [5.41, 5.74) is 2.97. The van der Waals surface area contributed by atoms with Gasteiger partial charge in [0.05, 0.1) is 23.7 Å². The third-order valence-electron chi connectivity index (χ3n) is 4.43. The van der Waals surface area contributed by atoms with Crippen LogP contribution < -0.4 is 10.3 Å². The zero-order valence-electron chi connectivity index (χ0n) is 14.9. The van der Waals surface area contributed by atoms with Gasteiger partial charge >= 0.3 is 0 Å². The second-order valence-corrected chi connectivity index (χ2v) is 6.72. The first kappa shape index (κ1) is 17.3. The molecule has 4 aromatic rings. The van der Waals surface area contributed by atoms with Gasteiger partial charge in [0, 0.05) is 10.6 Å². The number of benzene rings is 3. The molecule has 0 amide bonds. The monoisotopic (exact) mass is 376 g/mol. The largest absolute Gasteiger partial charge is 0.495 e. The van der Waals surface area contributed by atoms with Gasteiger partial charge in [0.25, 0.3) is 5.56 Å². The zero-order valence-corrected chi connectivity index (χ0v) is 15.7.